The molecule has 0 heterocycles. The highest BCUT2D eigenvalue weighted by atomic mass is 16.3. The number of carbonyl (C=O) groups is 1. The highest BCUT2D eigenvalue weighted by molar-refractivity contribution is 5.96. The minimum absolute atomic E-state index is 0.100. The van der Waals surface area contributed by atoms with Crippen LogP contribution in [0.1, 0.15) is 5.56 Å². The fraction of sp³-hybridized carbons (Fsp3) is 0.0556. The molecule has 0 fully saturated rings. The smallest absolute Gasteiger partial charge is 0.228 e. The SMILES string of the molecule is O=C(Cc1cccc2ccccc12)Nc1cccc(O)c1. The summed E-state index contributed by atoms with van der Waals surface area (Å²) in [6.45, 7) is 0. The van der Waals surface area contributed by atoms with Crippen LogP contribution in [0, 0.1) is 0 Å². The first-order valence-corrected chi connectivity index (χ1v) is 6.78. The van der Waals surface area contributed by atoms with Crippen LogP contribution in [0.2, 0.25) is 0 Å². The number of phenolic OH excluding ortho intramolecular Hbond substituents is 1. The molecule has 0 aliphatic carbocycles. The van der Waals surface area contributed by atoms with Crippen LogP contribution in [0.25, 0.3) is 10.8 Å². The molecular weight excluding hydrogens is 262 g/mol. The second-order valence-corrected chi connectivity index (χ2v) is 4.91. The van der Waals surface area contributed by atoms with Gasteiger partial charge in [-0.3, -0.25) is 4.79 Å². The van der Waals surface area contributed by atoms with Crippen molar-refractivity contribution in [2.75, 3.05) is 5.32 Å². The molecule has 3 nitrogen and oxygen atoms in total. The zero-order valence-electron chi connectivity index (χ0n) is 11.4. The van der Waals surface area contributed by atoms with E-state index in [0.717, 1.165) is 16.3 Å². The highest BCUT2D eigenvalue weighted by Crippen LogP contribution is 2.20. The number of amides is 1. The Morgan fingerprint density at radius 2 is 1.71 bits per heavy atom. The quantitative estimate of drug-likeness (QED) is 0.766. The topological polar surface area (TPSA) is 49.3 Å². The zero-order valence-corrected chi connectivity index (χ0v) is 11.4. The lowest BCUT2D eigenvalue weighted by molar-refractivity contribution is -0.115. The molecule has 0 saturated carbocycles. The number of hydrogen-bond acceptors (Lipinski definition) is 2. The molecule has 0 saturated heterocycles. The Morgan fingerprint density at radius 1 is 0.952 bits per heavy atom. The van der Waals surface area contributed by atoms with Gasteiger partial charge >= 0.3 is 0 Å². The van der Waals surface area contributed by atoms with Gasteiger partial charge in [-0.25, -0.2) is 0 Å². The van der Waals surface area contributed by atoms with Crippen LogP contribution in [0.15, 0.2) is 66.7 Å². The molecule has 0 bridgehead atoms. The van der Waals surface area contributed by atoms with Crippen LogP contribution in [-0.4, -0.2) is 11.0 Å². The summed E-state index contributed by atoms with van der Waals surface area (Å²) in [5.41, 5.74) is 1.59. The summed E-state index contributed by atoms with van der Waals surface area (Å²) in [6, 6.07) is 20.5. The van der Waals surface area contributed by atoms with E-state index in [1.807, 2.05) is 42.5 Å². The van der Waals surface area contributed by atoms with Crippen molar-refractivity contribution in [2.24, 2.45) is 0 Å². The standard InChI is InChI=1S/C18H15NO2/c20-16-9-4-8-15(12-16)19-18(21)11-14-7-3-6-13-5-1-2-10-17(13)14/h1-10,12,20H,11H2,(H,19,21). The summed E-state index contributed by atoms with van der Waals surface area (Å²) < 4.78 is 0. The van der Waals surface area contributed by atoms with E-state index in [4.69, 9.17) is 0 Å². The van der Waals surface area contributed by atoms with Crippen LogP contribution >= 0.6 is 0 Å². The van der Waals surface area contributed by atoms with Crippen molar-refractivity contribution in [3.05, 3.63) is 72.3 Å². The predicted molar refractivity (Wildman–Crippen MR) is 84.4 cm³/mol. The molecule has 0 atom stereocenters. The molecule has 3 rings (SSSR count). The number of carbonyl (C=O) groups excluding carboxylic acids is 1. The molecule has 3 aromatic carbocycles. The summed E-state index contributed by atoms with van der Waals surface area (Å²) >= 11 is 0. The first kappa shape index (κ1) is 13.2. The molecular formula is C18H15NO2. The molecule has 0 aromatic heterocycles. The van der Waals surface area contributed by atoms with E-state index in [1.165, 1.54) is 6.07 Å². The van der Waals surface area contributed by atoms with Crippen LogP contribution in [0.5, 0.6) is 5.75 Å². The first-order valence-electron chi connectivity index (χ1n) is 6.78. The first-order chi connectivity index (χ1) is 10.2. The van der Waals surface area contributed by atoms with E-state index >= 15 is 0 Å². The van der Waals surface area contributed by atoms with Gasteiger partial charge in [-0.15, -0.1) is 0 Å². The van der Waals surface area contributed by atoms with Gasteiger partial charge in [0.2, 0.25) is 5.91 Å². The minimum Gasteiger partial charge on any atom is -0.508 e. The molecule has 1 amide bonds. The third-order valence-corrected chi connectivity index (χ3v) is 3.36. The number of benzene rings is 3. The van der Waals surface area contributed by atoms with Crippen LogP contribution in [0.4, 0.5) is 5.69 Å². The monoisotopic (exact) mass is 277 g/mol. The molecule has 2 N–H and O–H groups in total. The highest BCUT2D eigenvalue weighted by Gasteiger charge is 2.07. The molecule has 3 heteroatoms. The van der Waals surface area contributed by atoms with Crippen molar-refractivity contribution < 1.29 is 9.90 Å². The summed E-state index contributed by atoms with van der Waals surface area (Å²) in [5, 5.41) is 14.4. The summed E-state index contributed by atoms with van der Waals surface area (Å²) in [5.74, 6) is 0.0370. The number of hydrogen-bond donors (Lipinski definition) is 2. The maximum atomic E-state index is 12.1. The zero-order chi connectivity index (χ0) is 14.7. The lowest BCUT2D eigenvalue weighted by Gasteiger charge is -2.08. The number of aromatic hydroxyl groups is 1. The third-order valence-electron chi connectivity index (χ3n) is 3.36. The van der Waals surface area contributed by atoms with Crippen molar-refractivity contribution in [2.45, 2.75) is 6.42 Å². The molecule has 3 aromatic rings. The van der Waals surface area contributed by atoms with E-state index in [-0.39, 0.29) is 11.7 Å². The van der Waals surface area contributed by atoms with E-state index in [9.17, 15) is 9.90 Å². The van der Waals surface area contributed by atoms with Gasteiger partial charge in [-0.1, -0.05) is 48.5 Å². The van der Waals surface area contributed by atoms with E-state index in [1.54, 1.807) is 18.2 Å². The molecule has 0 aliphatic heterocycles. The van der Waals surface area contributed by atoms with E-state index in [0.29, 0.717) is 12.1 Å². The lowest BCUT2D eigenvalue weighted by Crippen LogP contribution is -2.14. The molecule has 0 radical (unpaired) electrons. The normalized spacial score (nSPS) is 10.5. The van der Waals surface area contributed by atoms with Gasteiger partial charge < -0.3 is 10.4 Å². The average Bonchev–Trinajstić information content (AvgIpc) is 2.47. The van der Waals surface area contributed by atoms with E-state index in [2.05, 4.69) is 5.32 Å². The second-order valence-electron chi connectivity index (χ2n) is 4.91. The number of rotatable bonds is 3. The van der Waals surface area contributed by atoms with Crippen molar-refractivity contribution in [1.82, 2.24) is 0 Å². The van der Waals surface area contributed by atoms with Crippen molar-refractivity contribution in [3.8, 4) is 5.75 Å². The molecule has 104 valence electrons. The van der Waals surface area contributed by atoms with E-state index < -0.39 is 0 Å². The van der Waals surface area contributed by atoms with Crippen LogP contribution in [0.3, 0.4) is 0 Å². The van der Waals surface area contributed by atoms with Gasteiger partial charge in [0.15, 0.2) is 0 Å². The van der Waals surface area contributed by atoms with Gasteiger partial charge in [0, 0.05) is 11.8 Å². The third kappa shape index (κ3) is 3.03. The van der Waals surface area contributed by atoms with Crippen molar-refractivity contribution in [3.63, 3.8) is 0 Å². The number of nitrogens with one attached hydrogen (secondary N) is 1. The summed E-state index contributed by atoms with van der Waals surface area (Å²) in [4.78, 5) is 12.1. The van der Waals surface area contributed by atoms with Crippen LogP contribution in [-0.2, 0) is 11.2 Å². The Labute approximate surface area is 122 Å². The van der Waals surface area contributed by atoms with Gasteiger partial charge in [0.05, 0.1) is 6.42 Å². The summed E-state index contributed by atoms with van der Waals surface area (Å²) in [7, 11) is 0. The Hall–Kier alpha value is -2.81. The van der Waals surface area contributed by atoms with Gasteiger partial charge in [-0.05, 0) is 28.5 Å². The Morgan fingerprint density at radius 3 is 2.57 bits per heavy atom. The Kier molecular flexibility index (Phi) is 3.56. The number of anilines is 1. The Balaban J connectivity index is 1.80. The molecule has 0 unspecified atom stereocenters. The van der Waals surface area contributed by atoms with Crippen molar-refractivity contribution in [1.29, 1.82) is 0 Å². The van der Waals surface area contributed by atoms with Gasteiger partial charge in [-0.2, -0.15) is 0 Å². The molecule has 21 heavy (non-hydrogen) atoms. The van der Waals surface area contributed by atoms with Gasteiger partial charge in [0.1, 0.15) is 5.75 Å². The predicted octanol–water partition coefficient (Wildman–Crippen LogP) is 3.73. The average molecular weight is 277 g/mol. The number of phenols is 1. The lowest BCUT2D eigenvalue weighted by atomic mass is 10.0. The van der Waals surface area contributed by atoms with Crippen LogP contribution < -0.4 is 5.32 Å². The maximum absolute atomic E-state index is 12.1. The molecule has 0 spiro atoms. The second kappa shape index (κ2) is 5.67. The summed E-state index contributed by atoms with van der Waals surface area (Å²) in [6.07, 6.45) is 0.303. The molecule has 0 aliphatic rings. The fourth-order valence-corrected chi connectivity index (χ4v) is 2.41. The largest absolute Gasteiger partial charge is 0.508 e. The maximum Gasteiger partial charge on any atom is 0.228 e. The Bertz CT molecular complexity index is 791. The minimum atomic E-state index is -0.100. The van der Waals surface area contributed by atoms with Crippen molar-refractivity contribution >= 4 is 22.4 Å². The van der Waals surface area contributed by atoms with Gasteiger partial charge in [0.25, 0.3) is 0 Å². The fourth-order valence-electron chi connectivity index (χ4n) is 2.41. The number of fused-ring (bicyclic) bond motifs is 1.